The smallest absolute Gasteiger partial charge is 0.254 e. The number of nitrogens with one attached hydrogen (secondary N) is 2. The third-order valence-electron chi connectivity index (χ3n) is 5.10. The summed E-state index contributed by atoms with van der Waals surface area (Å²) >= 11 is 0. The van der Waals surface area contributed by atoms with Crippen LogP contribution in [0.4, 0.5) is 11.9 Å². The van der Waals surface area contributed by atoms with Crippen molar-refractivity contribution in [2.75, 3.05) is 16.8 Å². The molecule has 9 nitrogen and oxygen atoms in total. The number of aromatic nitrogens is 4. The normalized spacial score (nSPS) is 21.1. The summed E-state index contributed by atoms with van der Waals surface area (Å²) in [6.45, 7) is 2.94. The molecule has 0 unspecified atom stereocenters. The lowest BCUT2D eigenvalue weighted by molar-refractivity contribution is -0.124. The Morgan fingerprint density at radius 1 is 1.30 bits per heavy atom. The molecule has 9 heteroatoms. The van der Waals surface area contributed by atoms with E-state index in [1.165, 1.54) is 0 Å². The van der Waals surface area contributed by atoms with Crippen molar-refractivity contribution in [3.05, 3.63) is 17.3 Å². The van der Waals surface area contributed by atoms with E-state index in [1.54, 1.807) is 16.8 Å². The van der Waals surface area contributed by atoms with Crippen LogP contribution in [0.3, 0.4) is 0 Å². The second-order valence-electron chi connectivity index (χ2n) is 7.34. The highest BCUT2D eigenvalue weighted by atomic mass is 16.2. The Kier molecular flexibility index (Phi) is 3.63. The first-order valence-electron chi connectivity index (χ1n) is 9.46. The van der Waals surface area contributed by atoms with Gasteiger partial charge in [-0.15, -0.1) is 0 Å². The molecule has 0 atom stereocenters. The molecule has 27 heavy (non-hydrogen) atoms. The van der Waals surface area contributed by atoms with Gasteiger partial charge in [-0.25, -0.2) is 0 Å². The fourth-order valence-corrected chi connectivity index (χ4v) is 3.38. The van der Waals surface area contributed by atoms with E-state index in [1.807, 2.05) is 0 Å². The molecule has 2 aliphatic carbocycles. The van der Waals surface area contributed by atoms with Crippen LogP contribution in [0.25, 0.3) is 11.7 Å². The Labute approximate surface area is 155 Å². The highest BCUT2D eigenvalue weighted by molar-refractivity contribution is 6.15. The van der Waals surface area contributed by atoms with Gasteiger partial charge in [-0.05, 0) is 38.7 Å². The number of carbonyl (C=O) groups is 2. The maximum Gasteiger partial charge on any atom is 0.254 e. The highest BCUT2D eigenvalue weighted by Gasteiger charge is 2.32. The molecule has 1 aliphatic heterocycles. The van der Waals surface area contributed by atoms with Crippen molar-refractivity contribution in [1.29, 1.82) is 0 Å². The van der Waals surface area contributed by atoms with Crippen LogP contribution in [-0.2, 0) is 9.59 Å². The highest BCUT2D eigenvalue weighted by Crippen LogP contribution is 2.32. The van der Waals surface area contributed by atoms with Crippen LogP contribution in [0.15, 0.2) is 11.8 Å². The number of imide groups is 1. The van der Waals surface area contributed by atoms with Crippen LogP contribution in [0.1, 0.15) is 44.6 Å². The van der Waals surface area contributed by atoms with E-state index in [9.17, 15) is 9.59 Å². The third kappa shape index (κ3) is 3.02. The van der Waals surface area contributed by atoms with Crippen molar-refractivity contribution >= 4 is 35.4 Å². The van der Waals surface area contributed by atoms with Crippen LogP contribution in [0.2, 0.25) is 0 Å². The Balaban J connectivity index is 1.61. The molecule has 1 saturated heterocycles. The fraction of sp³-hybridized carbons (Fsp3) is 0.500. The zero-order valence-electron chi connectivity index (χ0n) is 15.1. The molecule has 2 N–H and O–H groups in total. The van der Waals surface area contributed by atoms with Crippen molar-refractivity contribution < 1.29 is 9.59 Å². The first kappa shape index (κ1) is 16.2. The van der Waals surface area contributed by atoms with Crippen LogP contribution in [-0.4, -0.2) is 50.0 Å². The van der Waals surface area contributed by atoms with Crippen LogP contribution < -0.4 is 15.5 Å². The molecule has 0 bridgehead atoms. The maximum atomic E-state index is 11.9. The quantitative estimate of drug-likeness (QED) is 0.582. The summed E-state index contributed by atoms with van der Waals surface area (Å²) < 4.78 is 1.68. The van der Waals surface area contributed by atoms with Gasteiger partial charge in [0, 0.05) is 29.8 Å². The SMILES string of the molecule is CCN(c1nc(NC2CC2)n2ncc(/C=C3\CC(=O)NC3=O)c2n1)C1CC1. The van der Waals surface area contributed by atoms with Crippen molar-refractivity contribution in [1.82, 2.24) is 24.9 Å². The summed E-state index contributed by atoms with van der Waals surface area (Å²) in [5.41, 5.74) is 1.78. The summed E-state index contributed by atoms with van der Waals surface area (Å²) in [5.74, 6) is 0.731. The zero-order valence-corrected chi connectivity index (χ0v) is 15.1. The van der Waals surface area contributed by atoms with E-state index in [2.05, 4.69) is 27.6 Å². The minimum Gasteiger partial charge on any atom is -0.351 e. The number of nitrogens with zero attached hydrogens (tertiary/aromatic N) is 5. The van der Waals surface area contributed by atoms with Gasteiger partial charge in [0.1, 0.15) is 0 Å². The van der Waals surface area contributed by atoms with E-state index >= 15 is 0 Å². The van der Waals surface area contributed by atoms with Gasteiger partial charge in [0.05, 0.1) is 12.6 Å². The summed E-state index contributed by atoms with van der Waals surface area (Å²) in [6, 6.07) is 0.922. The predicted octanol–water partition coefficient (Wildman–Crippen LogP) is 1.12. The Morgan fingerprint density at radius 3 is 2.74 bits per heavy atom. The number of hydrogen-bond donors (Lipinski definition) is 2. The number of amides is 2. The molecular formula is C18H21N7O2. The molecule has 3 aliphatic rings. The number of hydrogen-bond acceptors (Lipinski definition) is 7. The largest absolute Gasteiger partial charge is 0.351 e. The van der Waals surface area contributed by atoms with Crippen LogP contribution in [0, 0.1) is 0 Å². The minimum absolute atomic E-state index is 0.0878. The first-order valence-corrected chi connectivity index (χ1v) is 9.46. The Hall–Kier alpha value is -2.97. The van der Waals surface area contributed by atoms with Gasteiger partial charge >= 0.3 is 0 Å². The van der Waals surface area contributed by atoms with E-state index in [0.29, 0.717) is 40.8 Å². The molecule has 2 aromatic heterocycles. The molecule has 0 aromatic carbocycles. The molecule has 5 rings (SSSR count). The topological polar surface area (TPSA) is 105 Å². The number of fused-ring (bicyclic) bond motifs is 1. The van der Waals surface area contributed by atoms with Crippen molar-refractivity contribution in [3.63, 3.8) is 0 Å². The lowest BCUT2D eigenvalue weighted by Gasteiger charge is -2.21. The van der Waals surface area contributed by atoms with Crippen molar-refractivity contribution in [3.8, 4) is 0 Å². The summed E-state index contributed by atoms with van der Waals surface area (Å²) in [4.78, 5) is 35.1. The molecule has 3 heterocycles. The van der Waals surface area contributed by atoms with E-state index in [-0.39, 0.29) is 18.2 Å². The first-order chi connectivity index (χ1) is 13.1. The maximum absolute atomic E-state index is 11.9. The van der Waals surface area contributed by atoms with E-state index in [4.69, 9.17) is 9.97 Å². The number of carbonyl (C=O) groups excluding carboxylic acids is 2. The monoisotopic (exact) mass is 367 g/mol. The van der Waals surface area contributed by atoms with Gasteiger partial charge in [0.2, 0.25) is 17.8 Å². The number of anilines is 2. The van der Waals surface area contributed by atoms with E-state index < -0.39 is 0 Å². The molecule has 0 spiro atoms. The van der Waals surface area contributed by atoms with Gasteiger partial charge < -0.3 is 10.2 Å². The molecule has 3 fully saturated rings. The van der Waals surface area contributed by atoms with E-state index in [0.717, 1.165) is 32.2 Å². The van der Waals surface area contributed by atoms with Crippen molar-refractivity contribution in [2.24, 2.45) is 0 Å². The molecule has 2 amide bonds. The average molecular weight is 367 g/mol. The van der Waals surface area contributed by atoms with Gasteiger partial charge in [-0.3, -0.25) is 14.9 Å². The van der Waals surface area contributed by atoms with Gasteiger partial charge in [0.15, 0.2) is 5.65 Å². The molecular weight excluding hydrogens is 346 g/mol. The van der Waals surface area contributed by atoms with Crippen LogP contribution in [0.5, 0.6) is 0 Å². The lowest BCUT2D eigenvalue weighted by atomic mass is 10.1. The Bertz CT molecular complexity index is 971. The summed E-state index contributed by atoms with van der Waals surface area (Å²) in [6.07, 6.45) is 8.03. The van der Waals surface area contributed by atoms with Gasteiger partial charge in [-0.2, -0.15) is 19.6 Å². The zero-order chi connectivity index (χ0) is 18.5. The molecule has 2 saturated carbocycles. The fourth-order valence-electron chi connectivity index (χ4n) is 3.38. The summed E-state index contributed by atoms with van der Waals surface area (Å²) in [5, 5.41) is 10.2. The Morgan fingerprint density at radius 2 is 2.11 bits per heavy atom. The third-order valence-corrected chi connectivity index (χ3v) is 5.10. The molecule has 0 radical (unpaired) electrons. The standard InChI is InChI=1S/C18H21N7O2/c1-2-24(13-5-6-13)17-22-15-11(7-10-8-14(26)21-16(10)27)9-19-25(15)18(23-17)20-12-3-4-12/h7,9,12-13H,2-6,8H2,1H3,(H,20,22,23)(H,21,26,27)/b10-7+. The summed E-state index contributed by atoms with van der Waals surface area (Å²) in [7, 11) is 0. The second kappa shape index (κ2) is 6.04. The lowest BCUT2D eigenvalue weighted by Crippen LogP contribution is -2.28. The second-order valence-corrected chi connectivity index (χ2v) is 7.34. The molecule has 2 aromatic rings. The van der Waals surface area contributed by atoms with Crippen molar-refractivity contribution in [2.45, 2.75) is 51.1 Å². The average Bonchev–Trinajstić information content (AvgIpc) is 3.55. The van der Waals surface area contributed by atoms with Gasteiger partial charge in [0.25, 0.3) is 5.91 Å². The number of rotatable bonds is 6. The predicted molar refractivity (Wildman–Crippen MR) is 99.2 cm³/mol. The van der Waals surface area contributed by atoms with Crippen LogP contribution >= 0.6 is 0 Å². The van der Waals surface area contributed by atoms with Gasteiger partial charge in [-0.1, -0.05) is 0 Å². The minimum atomic E-state index is -0.349. The molecule has 140 valence electrons.